The Morgan fingerprint density at radius 2 is 2.16 bits per heavy atom. The van der Waals surface area contributed by atoms with Crippen LogP contribution in [-0.4, -0.2) is 36.9 Å². The summed E-state index contributed by atoms with van der Waals surface area (Å²) in [4.78, 5) is 0.292. The number of hydrogen-bond donors (Lipinski definition) is 1. The van der Waals surface area contributed by atoms with Gasteiger partial charge in [0, 0.05) is 32.0 Å². The Morgan fingerprint density at radius 1 is 1.47 bits per heavy atom. The van der Waals surface area contributed by atoms with Gasteiger partial charge < -0.3 is 9.88 Å². The molecule has 0 bridgehead atoms. The SMILES string of the molecule is C#CCN(CC)S(=O)(=O)c1cc(CNCC)n(C)c1. The lowest BCUT2D eigenvalue weighted by atomic mass is 10.4. The number of nitrogens with zero attached hydrogens (tertiary/aromatic N) is 2. The number of aromatic nitrogens is 1. The van der Waals surface area contributed by atoms with E-state index in [4.69, 9.17) is 6.42 Å². The van der Waals surface area contributed by atoms with Crippen LogP contribution < -0.4 is 5.32 Å². The van der Waals surface area contributed by atoms with E-state index in [0.29, 0.717) is 18.0 Å². The first-order valence-electron chi connectivity index (χ1n) is 6.26. The van der Waals surface area contributed by atoms with Crippen LogP contribution in [0.25, 0.3) is 0 Å². The molecule has 0 aromatic carbocycles. The van der Waals surface area contributed by atoms with Gasteiger partial charge in [-0.25, -0.2) is 8.42 Å². The number of terminal acetylenes is 1. The van der Waals surface area contributed by atoms with Gasteiger partial charge in [0.2, 0.25) is 10.0 Å². The Morgan fingerprint density at radius 3 is 2.68 bits per heavy atom. The summed E-state index contributed by atoms with van der Waals surface area (Å²) in [7, 11) is -1.66. The van der Waals surface area contributed by atoms with Gasteiger partial charge in [0.25, 0.3) is 0 Å². The molecule has 1 aromatic rings. The molecule has 0 radical (unpaired) electrons. The van der Waals surface area contributed by atoms with E-state index < -0.39 is 10.0 Å². The Balaban J connectivity index is 3.05. The first-order valence-corrected chi connectivity index (χ1v) is 7.70. The van der Waals surface area contributed by atoms with Crippen LogP contribution in [-0.2, 0) is 23.6 Å². The van der Waals surface area contributed by atoms with Crippen LogP contribution >= 0.6 is 0 Å². The molecule has 5 nitrogen and oxygen atoms in total. The quantitative estimate of drug-likeness (QED) is 0.752. The second-order valence-electron chi connectivity index (χ2n) is 4.19. The predicted octanol–water partition coefficient (Wildman–Crippen LogP) is 0.778. The Bertz CT molecular complexity index is 555. The lowest BCUT2D eigenvalue weighted by molar-refractivity contribution is 0.464. The largest absolute Gasteiger partial charge is 0.352 e. The van der Waals surface area contributed by atoms with Gasteiger partial charge in [-0.05, 0) is 12.6 Å². The third kappa shape index (κ3) is 3.60. The maximum absolute atomic E-state index is 12.4. The van der Waals surface area contributed by atoms with E-state index in [0.717, 1.165) is 12.2 Å². The molecule has 0 atom stereocenters. The van der Waals surface area contributed by atoms with E-state index >= 15 is 0 Å². The van der Waals surface area contributed by atoms with Crippen LogP contribution in [0.15, 0.2) is 17.2 Å². The van der Waals surface area contributed by atoms with Crippen LogP contribution in [0.1, 0.15) is 19.5 Å². The van der Waals surface area contributed by atoms with Gasteiger partial charge in [-0.1, -0.05) is 19.8 Å². The van der Waals surface area contributed by atoms with Crippen molar-refractivity contribution in [2.24, 2.45) is 7.05 Å². The zero-order valence-electron chi connectivity index (χ0n) is 11.7. The first kappa shape index (κ1) is 15.8. The normalized spacial score (nSPS) is 11.7. The van der Waals surface area contributed by atoms with Gasteiger partial charge in [-0.2, -0.15) is 4.31 Å². The third-order valence-corrected chi connectivity index (χ3v) is 4.78. The fraction of sp³-hybridized carbons (Fsp3) is 0.538. The fourth-order valence-electron chi connectivity index (χ4n) is 1.76. The zero-order chi connectivity index (χ0) is 14.5. The summed E-state index contributed by atoms with van der Waals surface area (Å²) >= 11 is 0. The topological polar surface area (TPSA) is 54.3 Å². The minimum absolute atomic E-state index is 0.0935. The molecule has 0 aliphatic heterocycles. The van der Waals surface area contributed by atoms with Crippen molar-refractivity contribution >= 4 is 10.0 Å². The summed E-state index contributed by atoms with van der Waals surface area (Å²) < 4.78 is 27.9. The summed E-state index contributed by atoms with van der Waals surface area (Å²) in [5, 5.41) is 3.18. The van der Waals surface area contributed by atoms with Crippen molar-refractivity contribution in [1.29, 1.82) is 0 Å². The van der Waals surface area contributed by atoms with Crippen molar-refractivity contribution in [2.75, 3.05) is 19.6 Å². The Kier molecular flexibility index (Phi) is 5.60. The molecule has 0 aliphatic rings. The monoisotopic (exact) mass is 283 g/mol. The molecule has 1 aromatic heterocycles. The van der Waals surface area contributed by atoms with Gasteiger partial charge >= 0.3 is 0 Å². The molecule has 0 saturated carbocycles. The lowest BCUT2D eigenvalue weighted by Gasteiger charge is -2.16. The second-order valence-corrected chi connectivity index (χ2v) is 6.13. The highest BCUT2D eigenvalue weighted by Gasteiger charge is 2.24. The molecule has 1 rings (SSSR count). The maximum Gasteiger partial charge on any atom is 0.245 e. The van der Waals surface area contributed by atoms with E-state index in [1.807, 2.05) is 18.5 Å². The smallest absolute Gasteiger partial charge is 0.245 e. The van der Waals surface area contributed by atoms with Crippen molar-refractivity contribution in [3.63, 3.8) is 0 Å². The summed E-state index contributed by atoms with van der Waals surface area (Å²) in [6.07, 6.45) is 6.84. The second kappa shape index (κ2) is 6.75. The van der Waals surface area contributed by atoms with Crippen molar-refractivity contribution in [3.05, 3.63) is 18.0 Å². The highest BCUT2D eigenvalue weighted by molar-refractivity contribution is 7.89. The number of aryl methyl sites for hydroxylation is 1. The number of sulfonamides is 1. The zero-order valence-corrected chi connectivity index (χ0v) is 12.5. The predicted molar refractivity (Wildman–Crippen MR) is 76.1 cm³/mol. The summed E-state index contributed by atoms with van der Waals surface area (Å²) in [6, 6.07) is 1.69. The molecule has 1 N–H and O–H groups in total. The summed E-state index contributed by atoms with van der Waals surface area (Å²) in [5.74, 6) is 2.38. The molecule has 0 spiro atoms. The van der Waals surface area contributed by atoms with Gasteiger partial charge in [0.15, 0.2) is 0 Å². The highest BCUT2D eigenvalue weighted by atomic mass is 32.2. The van der Waals surface area contributed by atoms with Crippen LogP contribution in [0.3, 0.4) is 0 Å². The van der Waals surface area contributed by atoms with Crippen molar-refractivity contribution in [2.45, 2.75) is 25.3 Å². The van der Waals surface area contributed by atoms with E-state index in [1.165, 1.54) is 4.31 Å². The van der Waals surface area contributed by atoms with Crippen molar-refractivity contribution in [3.8, 4) is 12.3 Å². The molecule has 0 amide bonds. The fourth-order valence-corrected chi connectivity index (χ4v) is 3.22. The third-order valence-electron chi connectivity index (χ3n) is 2.90. The first-order chi connectivity index (χ1) is 8.97. The molecule has 0 aliphatic carbocycles. The summed E-state index contributed by atoms with van der Waals surface area (Å²) in [5.41, 5.74) is 0.928. The van der Waals surface area contributed by atoms with E-state index in [1.54, 1.807) is 19.2 Å². The average molecular weight is 283 g/mol. The highest BCUT2D eigenvalue weighted by Crippen LogP contribution is 2.18. The molecule has 0 saturated heterocycles. The Labute approximate surface area is 115 Å². The Hall–Kier alpha value is -1.29. The maximum atomic E-state index is 12.4. The van der Waals surface area contributed by atoms with Crippen molar-refractivity contribution < 1.29 is 8.42 Å². The molecule has 0 fully saturated rings. The molecule has 1 heterocycles. The standard InChI is InChI=1S/C13H21N3O2S/c1-5-8-16(7-3)19(17,18)13-9-12(10-14-6-2)15(4)11-13/h1,9,11,14H,6-8,10H2,2-4H3. The van der Waals surface area contributed by atoms with Gasteiger partial charge in [0.05, 0.1) is 6.54 Å². The summed E-state index contributed by atoms with van der Waals surface area (Å²) in [6.45, 7) is 5.72. The molecular weight excluding hydrogens is 262 g/mol. The number of rotatable bonds is 7. The number of hydrogen-bond acceptors (Lipinski definition) is 3. The lowest BCUT2D eigenvalue weighted by Crippen LogP contribution is -2.31. The molecule has 6 heteroatoms. The molecule has 106 valence electrons. The van der Waals surface area contributed by atoms with E-state index in [9.17, 15) is 8.42 Å². The van der Waals surface area contributed by atoms with Gasteiger partial charge in [-0.15, -0.1) is 6.42 Å². The number of nitrogens with one attached hydrogen (secondary N) is 1. The van der Waals surface area contributed by atoms with Crippen molar-refractivity contribution in [1.82, 2.24) is 14.2 Å². The van der Waals surface area contributed by atoms with E-state index in [2.05, 4.69) is 11.2 Å². The minimum Gasteiger partial charge on any atom is -0.352 e. The van der Waals surface area contributed by atoms with Gasteiger partial charge in [0.1, 0.15) is 4.90 Å². The molecule has 0 unspecified atom stereocenters. The molecular formula is C13H21N3O2S. The van der Waals surface area contributed by atoms with Crippen LogP contribution in [0.5, 0.6) is 0 Å². The van der Waals surface area contributed by atoms with E-state index in [-0.39, 0.29) is 6.54 Å². The molecule has 19 heavy (non-hydrogen) atoms. The van der Waals surface area contributed by atoms with Crippen LogP contribution in [0.4, 0.5) is 0 Å². The average Bonchev–Trinajstić information content (AvgIpc) is 2.75. The van der Waals surface area contributed by atoms with Crippen LogP contribution in [0, 0.1) is 12.3 Å². The minimum atomic E-state index is -3.50. The van der Waals surface area contributed by atoms with Gasteiger partial charge in [-0.3, -0.25) is 0 Å². The van der Waals surface area contributed by atoms with Crippen LogP contribution in [0.2, 0.25) is 0 Å².